The minimum Gasteiger partial charge on any atom is -0.399 e. The number of imide groups is 1. The third-order valence-corrected chi connectivity index (χ3v) is 2.61. The number of amides is 2. The molecule has 1 aromatic carbocycles. The number of benzene rings is 1. The van der Waals surface area contributed by atoms with Gasteiger partial charge in [0.25, 0.3) is 11.8 Å². The number of nitrogens with two attached hydrogens (primary N) is 1. The van der Waals surface area contributed by atoms with Crippen LogP contribution in [0, 0.1) is 0 Å². The Morgan fingerprint density at radius 2 is 1.94 bits per heavy atom. The molecule has 1 aromatic heterocycles. The zero-order valence-corrected chi connectivity index (χ0v) is 8.68. The average molecular weight is 228 g/mol. The number of imidazole rings is 1. The number of carbonyl (C=O) groups is 2. The van der Waals surface area contributed by atoms with Crippen molar-refractivity contribution in [1.29, 1.82) is 0 Å². The maximum Gasteiger partial charge on any atom is 0.268 e. The van der Waals surface area contributed by atoms with Crippen LogP contribution in [0.5, 0.6) is 0 Å². The first kappa shape index (κ1) is 9.59. The molecule has 2 amide bonds. The molecule has 0 saturated carbocycles. The summed E-state index contributed by atoms with van der Waals surface area (Å²) in [4.78, 5) is 31.7. The number of hydrogen-bond donors (Lipinski definition) is 2. The molecule has 0 radical (unpaired) electrons. The molecule has 0 saturated heterocycles. The summed E-state index contributed by atoms with van der Waals surface area (Å²) in [6.45, 7) is 0. The van der Waals surface area contributed by atoms with E-state index >= 15 is 0 Å². The largest absolute Gasteiger partial charge is 0.399 e. The van der Waals surface area contributed by atoms with Gasteiger partial charge >= 0.3 is 0 Å². The van der Waals surface area contributed by atoms with Crippen molar-refractivity contribution in [2.24, 2.45) is 0 Å². The number of anilines is 2. The van der Waals surface area contributed by atoms with E-state index in [4.69, 9.17) is 5.73 Å². The second-order valence-corrected chi connectivity index (χ2v) is 3.66. The molecule has 1 aliphatic rings. The molecule has 2 aromatic rings. The van der Waals surface area contributed by atoms with Crippen molar-refractivity contribution >= 4 is 23.5 Å². The molecule has 0 aliphatic carbocycles. The highest BCUT2D eigenvalue weighted by molar-refractivity contribution is 6.34. The topological polar surface area (TPSA) is 92.1 Å². The van der Waals surface area contributed by atoms with Crippen molar-refractivity contribution in [2.75, 3.05) is 10.6 Å². The van der Waals surface area contributed by atoms with E-state index < -0.39 is 5.91 Å². The minimum atomic E-state index is -0.410. The fraction of sp³-hybridized carbons (Fsp3) is 0. The van der Waals surface area contributed by atoms with Gasteiger partial charge < -0.3 is 10.7 Å². The molecule has 84 valence electrons. The van der Waals surface area contributed by atoms with Crippen LogP contribution in [0.25, 0.3) is 0 Å². The monoisotopic (exact) mass is 228 g/mol. The van der Waals surface area contributed by atoms with Crippen molar-refractivity contribution in [3.05, 3.63) is 41.7 Å². The second-order valence-electron chi connectivity index (χ2n) is 3.66. The molecule has 2 heterocycles. The molecule has 0 unspecified atom stereocenters. The van der Waals surface area contributed by atoms with Crippen LogP contribution in [0.15, 0.2) is 30.6 Å². The number of hydrogen-bond acceptors (Lipinski definition) is 4. The molecule has 6 nitrogen and oxygen atoms in total. The lowest BCUT2D eigenvalue weighted by Crippen LogP contribution is -2.30. The summed E-state index contributed by atoms with van der Waals surface area (Å²) in [6.07, 6.45) is 3.03. The van der Waals surface area contributed by atoms with Gasteiger partial charge in [-0.3, -0.25) is 9.59 Å². The van der Waals surface area contributed by atoms with Gasteiger partial charge in [0.15, 0.2) is 0 Å². The molecule has 0 atom stereocenters. The van der Waals surface area contributed by atoms with Gasteiger partial charge in [-0.05, 0) is 18.2 Å². The normalized spacial score (nSPS) is 14.2. The Bertz CT molecular complexity index is 618. The van der Waals surface area contributed by atoms with Crippen LogP contribution in [0.4, 0.5) is 11.6 Å². The summed E-state index contributed by atoms with van der Waals surface area (Å²) in [5.41, 5.74) is 6.71. The molecule has 17 heavy (non-hydrogen) atoms. The number of nitrogen functional groups attached to an aromatic ring is 1. The summed E-state index contributed by atoms with van der Waals surface area (Å²) in [7, 11) is 0. The summed E-state index contributed by atoms with van der Waals surface area (Å²) in [5.74, 6) is -0.582. The van der Waals surface area contributed by atoms with Gasteiger partial charge in [0.2, 0.25) is 5.95 Å². The van der Waals surface area contributed by atoms with E-state index in [-0.39, 0.29) is 11.9 Å². The molecule has 0 bridgehead atoms. The molecule has 0 fully saturated rings. The quantitative estimate of drug-likeness (QED) is 0.557. The van der Waals surface area contributed by atoms with Gasteiger partial charge in [-0.15, -0.1) is 0 Å². The van der Waals surface area contributed by atoms with Crippen molar-refractivity contribution in [2.45, 2.75) is 0 Å². The Hall–Kier alpha value is -2.63. The number of fused-ring (bicyclic) bond motifs is 1. The van der Waals surface area contributed by atoms with E-state index in [0.717, 1.165) is 4.90 Å². The van der Waals surface area contributed by atoms with Gasteiger partial charge in [-0.25, -0.2) is 9.88 Å². The standard InChI is InChI=1S/C11H8N4O2/c12-6-1-2-7-8(5-6)10(17)15(9(7)16)11-13-3-4-14-11/h1-5H,12H2,(H,13,14). The number of nitrogens with zero attached hydrogens (tertiary/aromatic N) is 2. The van der Waals surface area contributed by atoms with E-state index in [1.807, 2.05) is 0 Å². The Morgan fingerprint density at radius 3 is 2.65 bits per heavy atom. The first-order valence-electron chi connectivity index (χ1n) is 4.96. The Morgan fingerprint density at radius 1 is 1.18 bits per heavy atom. The van der Waals surface area contributed by atoms with Crippen molar-refractivity contribution in [3.8, 4) is 0 Å². The smallest absolute Gasteiger partial charge is 0.268 e. The molecule has 6 heteroatoms. The SMILES string of the molecule is Nc1ccc2c(c1)C(=O)N(c1ncc[nH]1)C2=O. The highest BCUT2D eigenvalue weighted by atomic mass is 16.2. The number of aromatic nitrogens is 2. The van der Waals surface area contributed by atoms with Crippen LogP contribution >= 0.6 is 0 Å². The zero-order valence-electron chi connectivity index (χ0n) is 8.68. The molecular formula is C11H8N4O2. The van der Waals surface area contributed by atoms with Gasteiger partial charge in [0.1, 0.15) is 0 Å². The number of H-pyrrole nitrogens is 1. The lowest BCUT2D eigenvalue weighted by atomic mass is 10.1. The first-order valence-corrected chi connectivity index (χ1v) is 4.96. The van der Waals surface area contributed by atoms with Crippen LogP contribution in [0.2, 0.25) is 0 Å². The molecule has 1 aliphatic heterocycles. The maximum atomic E-state index is 12.0. The van der Waals surface area contributed by atoms with Gasteiger partial charge in [0, 0.05) is 18.1 Å². The van der Waals surface area contributed by atoms with E-state index in [2.05, 4.69) is 9.97 Å². The summed E-state index contributed by atoms with van der Waals surface area (Å²) in [6, 6.07) is 4.64. The van der Waals surface area contributed by atoms with Crippen molar-refractivity contribution < 1.29 is 9.59 Å². The van der Waals surface area contributed by atoms with Gasteiger partial charge in [0.05, 0.1) is 11.1 Å². The molecular weight excluding hydrogens is 220 g/mol. The van der Waals surface area contributed by atoms with Crippen LogP contribution in [0.1, 0.15) is 20.7 Å². The summed E-state index contributed by atoms with van der Waals surface area (Å²) < 4.78 is 0. The minimum absolute atomic E-state index is 0.217. The number of aromatic amines is 1. The van der Waals surface area contributed by atoms with Crippen molar-refractivity contribution in [3.63, 3.8) is 0 Å². The van der Waals surface area contributed by atoms with Crippen LogP contribution < -0.4 is 10.6 Å². The summed E-state index contributed by atoms with van der Waals surface area (Å²) >= 11 is 0. The van der Waals surface area contributed by atoms with Gasteiger partial charge in [-0.1, -0.05) is 0 Å². The predicted molar refractivity (Wildman–Crippen MR) is 60.6 cm³/mol. The van der Waals surface area contributed by atoms with Crippen LogP contribution in [-0.4, -0.2) is 21.8 Å². The summed E-state index contributed by atoms with van der Waals surface area (Å²) in [5, 5.41) is 0. The third-order valence-electron chi connectivity index (χ3n) is 2.61. The lowest BCUT2D eigenvalue weighted by Gasteiger charge is -2.08. The van der Waals surface area contributed by atoms with Crippen LogP contribution in [-0.2, 0) is 0 Å². The molecule has 0 spiro atoms. The Labute approximate surface area is 96.1 Å². The van der Waals surface area contributed by atoms with Gasteiger partial charge in [-0.2, -0.15) is 0 Å². The number of carbonyl (C=O) groups excluding carboxylic acids is 2. The highest BCUT2D eigenvalue weighted by Crippen LogP contribution is 2.27. The maximum absolute atomic E-state index is 12.0. The Kier molecular flexibility index (Phi) is 1.79. The average Bonchev–Trinajstić information content (AvgIpc) is 2.88. The highest BCUT2D eigenvalue weighted by Gasteiger charge is 2.37. The second kappa shape index (κ2) is 3.18. The van der Waals surface area contributed by atoms with E-state index in [9.17, 15) is 9.59 Å². The predicted octanol–water partition coefficient (Wildman–Crippen LogP) is 0.792. The lowest BCUT2D eigenvalue weighted by molar-refractivity contribution is 0.0924. The van der Waals surface area contributed by atoms with E-state index in [1.165, 1.54) is 12.3 Å². The zero-order chi connectivity index (χ0) is 12.0. The fourth-order valence-electron chi connectivity index (χ4n) is 1.83. The first-order chi connectivity index (χ1) is 8.18. The van der Waals surface area contributed by atoms with E-state index in [0.29, 0.717) is 16.8 Å². The Balaban J connectivity index is 2.15. The number of nitrogens with one attached hydrogen (secondary N) is 1. The fourth-order valence-corrected chi connectivity index (χ4v) is 1.83. The van der Waals surface area contributed by atoms with E-state index in [1.54, 1.807) is 18.3 Å². The molecule has 3 rings (SSSR count). The third kappa shape index (κ3) is 1.24. The van der Waals surface area contributed by atoms with Crippen LogP contribution in [0.3, 0.4) is 0 Å². The van der Waals surface area contributed by atoms with Crippen molar-refractivity contribution in [1.82, 2.24) is 9.97 Å². The molecule has 3 N–H and O–H groups in total. The number of rotatable bonds is 1.